The summed E-state index contributed by atoms with van der Waals surface area (Å²) >= 11 is 0. The molecule has 0 aromatic rings. The molecule has 0 heterocycles. The Bertz CT molecular complexity index is 329. The van der Waals surface area contributed by atoms with Crippen LogP contribution in [0.4, 0.5) is 0 Å². The minimum absolute atomic E-state index is 0.0798. The molecule has 0 bridgehead atoms. The van der Waals surface area contributed by atoms with Gasteiger partial charge in [0.1, 0.15) is 5.78 Å². The van der Waals surface area contributed by atoms with E-state index in [0.29, 0.717) is 6.54 Å². The minimum atomic E-state index is -0.0818. The van der Waals surface area contributed by atoms with Crippen LogP contribution < -0.4 is 5.32 Å². The summed E-state index contributed by atoms with van der Waals surface area (Å²) in [7, 11) is 0. The maximum atomic E-state index is 11.4. The topological polar surface area (TPSA) is 46.2 Å². The summed E-state index contributed by atoms with van der Waals surface area (Å²) in [5.74, 6) is -0.0189. The van der Waals surface area contributed by atoms with Crippen molar-refractivity contribution in [1.82, 2.24) is 5.32 Å². The lowest BCUT2D eigenvalue weighted by Crippen LogP contribution is -2.30. The Morgan fingerprint density at radius 1 is 1.44 bits per heavy atom. The highest BCUT2D eigenvalue weighted by molar-refractivity contribution is 5.80. The van der Waals surface area contributed by atoms with Gasteiger partial charge in [-0.3, -0.25) is 9.59 Å². The number of hydrogen-bond acceptors (Lipinski definition) is 2. The van der Waals surface area contributed by atoms with E-state index in [2.05, 4.69) is 17.5 Å². The zero-order valence-electron chi connectivity index (χ0n) is 9.95. The van der Waals surface area contributed by atoms with Gasteiger partial charge in [-0.2, -0.15) is 0 Å². The van der Waals surface area contributed by atoms with Gasteiger partial charge in [0.05, 0.1) is 0 Å². The third-order valence-electron chi connectivity index (χ3n) is 2.78. The number of ketones is 1. The predicted molar refractivity (Wildman–Crippen MR) is 63.9 cm³/mol. The molecule has 1 N–H and O–H groups in total. The van der Waals surface area contributed by atoms with Crippen molar-refractivity contribution >= 4 is 11.7 Å². The summed E-state index contributed by atoms with van der Waals surface area (Å²) in [6, 6.07) is 0. The Morgan fingerprint density at radius 3 is 2.69 bits per heavy atom. The molecule has 0 radical (unpaired) electrons. The van der Waals surface area contributed by atoms with Gasteiger partial charge in [-0.15, -0.1) is 0 Å². The Kier molecular flexibility index (Phi) is 4.96. The molecule has 1 aliphatic rings. The fourth-order valence-corrected chi connectivity index (χ4v) is 1.77. The molecule has 0 aromatic heterocycles. The van der Waals surface area contributed by atoms with Crippen LogP contribution >= 0.6 is 0 Å². The molecule has 0 saturated heterocycles. The molecule has 16 heavy (non-hydrogen) atoms. The van der Waals surface area contributed by atoms with Gasteiger partial charge < -0.3 is 5.32 Å². The molecule has 88 valence electrons. The normalized spacial score (nSPS) is 16.5. The van der Waals surface area contributed by atoms with Crippen LogP contribution in [0.1, 0.15) is 33.1 Å². The summed E-state index contributed by atoms with van der Waals surface area (Å²) in [5.41, 5.74) is 1.30. The molecule has 1 aliphatic carbocycles. The first kappa shape index (κ1) is 12.7. The highest BCUT2D eigenvalue weighted by atomic mass is 16.1. The van der Waals surface area contributed by atoms with E-state index in [4.69, 9.17) is 0 Å². The van der Waals surface area contributed by atoms with Crippen LogP contribution in [-0.2, 0) is 9.59 Å². The molecule has 0 aliphatic heterocycles. The second-order valence-electron chi connectivity index (χ2n) is 4.24. The maximum absolute atomic E-state index is 11.4. The lowest BCUT2D eigenvalue weighted by molar-refractivity contribution is -0.121. The molecule has 1 amide bonds. The number of carbonyl (C=O) groups is 2. The molecular formula is C13H19NO2. The van der Waals surface area contributed by atoms with Gasteiger partial charge in [0.15, 0.2) is 0 Å². The van der Waals surface area contributed by atoms with Crippen molar-refractivity contribution in [2.24, 2.45) is 5.92 Å². The molecular weight excluding hydrogens is 202 g/mol. The van der Waals surface area contributed by atoms with E-state index < -0.39 is 0 Å². The van der Waals surface area contributed by atoms with Gasteiger partial charge in [-0.1, -0.05) is 23.8 Å². The highest BCUT2D eigenvalue weighted by Gasteiger charge is 2.16. The number of Topliss-reactive ketones (excluding diaryl/α,β-unsaturated/α-hetero) is 1. The second-order valence-corrected chi connectivity index (χ2v) is 4.24. The van der Waals surface area contributed by atoms with Crippen LogP contribution in [-0.4, -0.2) is 18.2 Å². The maximum Gasteiger partial charge on any atom is 0.216 e. The number of amides is 1. The summed E-state index contributed by atoms with van der Waals surface area (Å²) in [5, 5.41) is 2.71. The number of nitrogens with one attached hydrogen (secondary N) is 1. The van der Waals surface area contributed by atoms with Crippen LogP contribution in [0.3, 0.4) is 0 Å². The minimum Gasteiger partial charge on any atom is -0.356 e. The Balaban J connectivity index is 2.50. The van der Waals surface area contributed by atoms with E-state index in [1.54, 1.807) is 6.92 Å². The van der Waals surface area contributed by atoms with Crippen LogP contribution in [0.5, 0.6) is 0 Å². The van der Waals surface area contributed by atoms with Crippen molar-refractivity contribution in [3.05, 3.63) is 23.8 Å². The average molecular weight is 221 g/mol. The first-order chi connectivity index (χ1) is 7.59. The fraction of sp³-hybridized carbons (Fsp3) is 0.538. The Labute approximate surface area is 96.6 Å². The third kappa shape index (κ3) is 4.43. The Hall–Kier alpha value is -1.38. The molecule has 0 unspecified atom stereocenters. The third-order valence-corrected chi connectivity index (χ3v) is 2.78. The lowest BCUT2D eigenvalue weighted by atomic mass is 9.91. The van der Waals surface area contributed by atoms with E-state index in [1.807, 2.05) is 6.08 Å². The van der Waals surface area contributed by atoms with Gasteiger partial charge >= 0.3 is 0 Å². The Morgan fingerprint density at radius 2 is 2.19 bits per heavy atom. The smallest absolute Gasteiger partial charge is 0.216 e. The van der Waals surface area contributed by atoms with E-state index in [1.165, 1.54) is 12.5 Å². The molecule has 3 heteroatoms. The van der Waals surface area contributed by atoms with Crippen LogP contribution in [0.15, 0.2) is 23.8 Å². The first-order valence-electron chi connectivity index (χ1n) is 5.69. The second kappa shape index (κ2) is 6.26. The molecule has 1 rings (SSSR count). The van der Waals surface area contributed by atoms with Gasteiger partial charge in [0.2, 0.25) is 5.91 Å². The summed E-state index contributed by atoms with van der Waals surface area (Å²) < 4.78 is 0. The fourth-order valence-electron chi connectivity index (χ4n) is 1.77. The van der Waals surface area contributed by atoms with Crippen molar-refractivity contribution in [2.45, 2.75) is 33.1 Å². The number of carbonyl (C=O) groups excluding carboxylic acids is 2. The largest absolute Gasteiger partial charge is 0.356 e. The van der Waals surface area contributed by atoms with Crippen molar-refractivity contribution in [1.29, 1.82) is 0 Å². The molecule has 1 atom stereocenters. The van der Waals surface area contributed by atoms with Crippen molar-refractivity contribution in [3.8, 4) is 0 Å². The van der Waals surface area contributed by atoms with Crippen LogP contribution in [0.2, 0.25) is 0 Å². The van der Waals surface area contributed by atoms with Gasteiger partial charge in [-0.25, -0.2) is 0 Å². The summed E-state index contributed by atoms with van der Waals surface area (Å²) in [6.45, 7) is 3.51. The van der Waals surface area contributed by atoms with Crippen LogP contribution in [0.25, 0.3) is 0 Å². The SMILES string of the molecule is CC(=O)NC[C@@H](CC1=CC=CCC1)C(C)=O. The zero-order valence-corrected chi connectivity index (χ0v) is 9.95. The molecule has 0 fully saturated rings. The van der Waals surface area contributed by atoms with Gasteiger partial charge in [0.25, 0.3) is 0 Å². The van der Waals surface area contributed by atoms with E-state index in [9.17, 15) is 9.59 Å². The van der Waals surface area contributed by atoms with E-state index in [-0.39, 0.29) is 17.6 Å². The standard InChI is InChI=1S/C13H19NO2/c1-10(15)13(9-14-11(2)16)8-12-6-4-3-5-7-12/h3-4,6,13H,5,7-9H2,1-2H3,(H,14,16)/t13-/m1/s1. The number of rotatable bonds is 5. The summed E-state index contributed by atoms with van der Waals surface area (Å²) in [4.78, 5) is 22.2. The average Bonchev–Trinajstić information content (AvgIpc) is 2.25. The molecule has 0 saturated carbocycles. The lowest BCUT2D eigenvalue weighted by Gasteiger charge is -2.17. The number of hydrogen-bond donors (Lipinski definition) is 1. The first-order valence-corrected chi connectivity index (χ1v) is 5.69. The molecule has 0 aromatic carbocycles. The zero-order chi connectivity index (χ0) is 12.0. The highest BCUT2D eigenvalue weighted by Crippen LogP contribution is 2.20. The molecule has 0 spiro atoms. The van der Waals surface area contributed by atoms with E-state index in [0.717, 1.165) is 19.3 Å². The van der Waals surface area contributed by atoms with Gasteiger partial charge in [0, 0.05) is 19.4 Å². The van der Waals surface area contributed by atoms with Crippen molar-refractivity contribution < 1.29 is 9.59 Å². The monoisotopic (exact) mass is 221 g/mol. The van der Waals surface area contributed by atoms with Crippen LogP contribution in [0, 0.1) is 5.92 Å². The quantitative estimate of drug-likeness (QED) is 0.771. The van der Waals surface area contributed by atoms with Crippen molar-refractivity contribution in [3.63, 3.8) is 0 Å². The van der Waals surface area contributed by atoms with Crippen molar-refractivity contribution in [2.75, 3.05) is 6.54 Å². The predicted octanol–water partition coefficient (Wildman–Crippen LogP) is 1.99. The van der Waals surface area contributed by atoms with E-state index >= 15 is 0 Å². The number of allylic oxidation sites excluding steroid dienone is 4. The summed E-state index contributed by atoms with van der Waals surface area (Å²) in [6.07, 6.45) is 9.08. The van der Waals surface area contributed by atoms with Gasteiger partial charge in [-0.05, 0) is 26.2 Å². The molecule has 3 nitrogen and oxygen atoms in total.